The molecule has 9 aromatic rings. The van der Waals surface area contributed by atoms with Crippen LogP contribution in [0.15, 0.2) is 138 Å². The number of nitriles is 1. The number of anilines is 5. The fraction of sp³-hybridized carbons (Fsp3) is 0.415. The van der Waals surface area contributed by atoms with Gasteiger partial charge in [-0.05, 0) is 111 Å². The van der Waals surface area contributed by atoms with E-state index in [1.165, 1.54) is 58.4 Å². The number of aliphatic hydroxyl groups excluding tert-OH is 3. The van der Waals surface area contributed by atoms with Gasteiger partial charge < -0.3 is 106 Å². The summed E-state index contributed by atoms with van der Waals surface area (Å²) in [5.41, 5.74) is 24.2. The topological polar surface area (TPSA) is 771 Å². The predicted molar refractivity (Wildman–Crippen MR) is 524 cm³/mol. The van der Waals surface area contributed by atoms with Crippen LogP contribution in [-0.4, -0.2) is 274 Å². The number of aromatic carboxylic acids is 1. The number of urea groups is 1. The smallest absolute Gasteiger partial charge is 0.870 e. The number of benzene rings is 4. The first-order valence-corrected chi connectivity index (χ1v) is 52.9. The number of carboxylic acids is 1. The van der Waals surface area contributed by atoms with E-state index in [0.29, 0.717) is 31.8 Å². The normalized spacial score (nSPS) is 11.2. The maximum absolute atomic E-state index is 13.8. The third-order valence-corrected chi connectivity index (χ3v) is 20.2. The van der Waals surface area contributed by atoms with E-state index in [0.717, 1.165) is 124 Å². The summed E-state index contributed by atoms with van der Waals surface area (Å²) in [4.78, 5) is 104. The Kier molecular flexibility index (Phi) is 72.6. The maximum Gasteiger partial charge on any atom is 1.00 e. The molecule has 4 aromatic carbocycles. The molecule has 0 aliphatic heterocycles. The molecule has 9 rings (SSSR count). The number of nitrogens with zero attached hydrogens (tertiary/aromatic N) is 9. The van der Waals surface area contributed by atoms with E-state index in [1.54, 1.807) is 33.8 Å². The van der Waals surface area contributed by atoms with Crippen LogP contribution in [0.2, 0.25) is 0 Å². The Hall–Kier alpha value is -11.7. The minimum Gasteiger partial charge on any atom is -0.870 e. The number of primary amides is 2. The molecule has 0 aliphatic carbocycles. The molecule has 3 amide bonds. The number of carbonyl (C=O) groups excluding carboxylic acids is 7. The van der Waals surface area contributed by atoms with Crippen molar-refractivity contribution < 1.29 is 184 Å². The van der Waals surface area contributed by atoms with Gasteiger partial charge in [0, 0.05) is 89.7 Å². The van der Waals surface area contributed by atoms with Gasteiger partial charge in [-0.2, -0.15) is 30.2 Å². The predicted octanol–water partition coefficient (Wildman–Crippen LogP) is 3.73. The molecule has 0 aliphatic rings. The molecule has 0 radical (unpaired) electrons. The Morgan fingerprint density at radius 1 is 0.545 bits per heavy atom. The molecule has 4 atom stereocenters. The Morgan fingerprint density at radius 2 is 0.862 bits per heavy atom. The van der Waals surface area contributed by atoms with Crippen molar-refractivity contribution >= 4 is 177 Å². The molecule has 0 bridgehead atoms. The number of carbonyl (C=O) groups is 8. The Labute approximate surface area is 869 Å². The van der Waals surface area contributed by atoms with Crippen molar-refractivity contribution in [2.24, 2.45) is 17.2 Å². The number of Topliss-reactive ketones (excluding diaryl/α,β-unsaturated/α-hetero) is 1. The number of rotatable bonds is 35. The van der Waals surface area contributed by atoms with Gasteiger partial charge >= 0.3 is 78.8 Å². The van der Waals surface area contributed by atoms with Gasteiger partial charge in [-0.3, -0.25) is 9.59 Å². The second-order valence-corrected chi connectivity index (χ2v) is 39.6. The SMILES string of the molecule is CC#N.CCO.CCOC(=O)c1coc(N(C)S(C)(=O)=O)n1.CCOC(=O)c1coc(N)n1.CCOC(=O)c1coc(NS(C)(=O)=O)n1.CCc1cccc(CNC[C@@H](O)[C@@H](N)Cc2cc(F)cc(F)c2)c1.CCc1cccc(CNC[C@@H](O)[C@H](Cc2cc(F)cc(F)c2)NC(=O)c2coc(N(C)S(C)(=O)=O)n2)c1.CN(c1nc(C(=O)O)co1)S(C)(=O)=O.COC(=O)C(=O)CBr.CS(=O)(=O)Cl.ClCCl.NC(N)=O.[Li+].[OH-]. The van der Waals surface area contributed by atoms with Crippen molar-refractivity contribution in [3.63, 3.8) is 0 Å². The third-order valence-electron chi connectivity index (χ3n) is 15.7. The molecule has 63 heteroatoms. The number of nitrogens with one attached hydrogen (secondary N) is 4. The van der Waals surface area contributed by atoms with Gasteiger partial charge in [0.15, 0.2) is 28.5 Å². The second kappa shape index (κ2) is 74.2. The van der Waals surface area contributed by atoms with Gasteiger partial charge in [0.05, 0.1) is 93.2 Å². The Balaban J connectivity index is -0.000000532. The number of aromatic nitrogens is 5. The number of halogens is 8. The van der Waals surface area contributed by atoms with Gasteiger partial charge in [0.25, 0.3) is 11.9 Å². The zero-order chi connectivity index (χ0) is 110. The fourth-order valence-electron chi connectivity index (χ4n) is 9.27. The van der Waals surface area contributed by atoms with Gasteiger partial charge in [0.1, 0.15) is 54.6 Å². The van der Waals surface area contributed by atoms with Crippen LogP contribution in [0, 0.1) is 34.6 Å². The van der Waals surface area contributed by atoms with Crippen molar-refractivity contribution in [1.29, 1.82) is 5.26 Å². The molecule has 49 nitrogen and oxygen atoms in total. The summed E-state index contributed by atoms with van der Waals surface area (Å²) in [5.74, 6) is -8.08. The van der Waals surface area contributed by atoms with Crippen molar-refractivity contribution in [3.8, 4) is 6.07 Å². The fourth-order valence-corrected chi connectivity index (χ4v) is 11.0. The third kappa shape index (κ3) is 65.4. The van der Waals surface area contributed by atoms with Gasteiger partial charge in [-0.25, -0.2) is 106 Å². The number of nitrogen functional groups attached to an aromatic ring is 1. The minimum atomic E-state index is -3.67. The number of aliphatic hydroxyl groups is 3. The van der Waals surface area contributed by atoms with Gasteiger partial charge in [0.2, 0.25) is 54.9 Å². The molecule has 0 fully saturated rings. The number of ketones is 1. The molecule has 17 N–H and O–H groups in total. The summed E-state index contributed by atoms with van der Waals surface area (Å²) in [6.45, 7) is 14.7. The van der Waals surface area contributed by atoms with E-state index in [1.807, 2.05) is 41.1 Å². The number of nitrogens with two attached hydrogens (primary N) is 4. The van der Waals surface area contributed by atoms with Crippen molar-refractivity contribution in [2.75, 3.05) is 133 Å². The number of amides is 3. The number of esters is 4. The molecule has 5 aromatic heterocycles. The van der Waals surface area contributed by atoms with E-state index in [9.17, 15) is 103 Å². The van der Waals surface area contributed by atoms with Gasteiger partial charge in [-0.1, -0.05) is 78.3 Å². The zero-order valence-electron chi connectivity index (χ0n) is 81.3. The van der Waals surface area contributed by atoms with Crippen LogP contribution in [-0.2, 0) is 116 Å². The van der Waals surface area contributed by atoms with Crippen molar-refractivity contribution in [2.45, 2.75) is 112 Å². The summed E-state index contributed by atoms with van der Waals surface area (Å²) in [5, 5.41) is 53.5. The first-order chi connectivity index (χ1) is 66.5. The number of hydrogen-bond donors (Lipinski definition) is 12. The molecule has 5 heterocycles. The van der Waals surface area contributed by atoms with E-state index in [-0.39, 0.29) is 138 Å². The molecule has 0 saturated carbocycles. The Morgan fingerprint density at radius 3 is 1.18 bits per heavy atom. The van der Waals surface area contributed by atoms with E-state index >= 15 is 0 Å². The standard InChI is InChI=1S/C25H30F2N4O5S.C19H24F2N2O.C8H12N2O5S.C7H10N2O5S.C6H8N2O5S.C6H8N2O3.C4H5BrO3.C2H3N.C2H6O.CH2Cl2.CH3ClO2S.CH4N2O.Li.H2O/c1-4-16-6-5-7-17(8-16)13-28-14-23(32)21(11-18-9-19(26)12-20(27)10-18)29-24(33)22-15-36-25(30-22)31(2)37(3,34)35;1-2-13-4-3-5-14(6-13)11-23-12-19(24)18(22)9-15-7-16(20)10-17(21)8-15;1-4-14-7(11)6-5-15-8(9-6)10(2)16(3,12)13;1-3-13-6(10)5-4-14-7(8-5)9-15(2,11)12;1-8(14(2,11)12)6-7-4(3-13-6)5(9)10;1-2-10-5(9)4-3-11-6(7)8-4;1-8-4(7)3(6)2-5;2*1-2-3;2-1-3;1-5(2,3)4;2-1(3)4;;/h5-10,12,15,21,23,28,32H,4,11,13-14H2,1-3H3,(H,29,33);3-8,10,18-19,23-24H,2,9,11-12,22H2,1H3;5H,4H2,1-3H3;4H,3H2,1-2H3,(H,8,9);3H,1-2H3,(H,9,10);3H,2H2,1H3,(H2,7,8);2H2,1H3;1H3;3H,2H2,1H3;1H2;1H3;(H4,2,3,4);;1H2/q;;;;;;;;;;;;+1;/p-1/t21-,23+;18-,19+;;;;;;;;;;;;/m00............/s1. The van der Waals surface area contributed by atoms with Crippen LogP contribution in [0.5, 0.6) is 0 Å². The second-order valence-electron chi connectivity index (χ2n) is 27.4. The Bertz CT molecular complexity index is 6010. The van der Waals surface area contributed by atoms with Crippen LogP contribution >= 0.6 is 49.8 Å². The quantitative estimate of drug-likeness (QED) is 0.00512. The summed E-state index contributed by atoms with van der Waals surface area (Å²) in [7, 11) is -7.88. The molecule has 808 valence electrons. The average molecular weight is 2280 g/mol. The van der Waals surface area contributed by atoms with Crippen LogP contribution in [0.1, 0.15) is 134 Å². The van der Waals surface area contributed by atoms with Crippen LogP contribution in [0.4, 0.5) is 52.4 Å². The van der Waals surface area contributed by atoms with Crippen LogP contribution in [0.3, 0.4) is 0 Å². The summed E-state index contributed by atoms with van der Waals surface area (Å²) >= 11 is 12.3. The van der Waals surface area contributed by atoms with Gasteiger partial charge in [-0.15, -0.1) is 23.2 Å². The number of carboxylic acid groups (broad SMARTS) is 1. The van der Waals surface area contributed by atoms with E-state index < -0.39 is 144 Å². The largest absolute Gasteiger partial charge is 1.00 e. The van der Waals surface area contributed by atoms with Crippen LogP contribution < -0.4 is 75.4 Å². The molecule has 0 spiro atoms. The van der Waals surface area contributed by atoms with Crippen molar-refractivity contribution in [3.05, 3.63) is 201 Å². The van der Waals surface area contributed by atoms with E-state index in [4.69, 9.17) is 68.2 Å². The molecule has 0 unspecified atom stereocenters. The number of hydrogen-bond acceptors (Lipinski definition) is 41. The number of alkyl halides is 3. The monoisotopic (exact) mass is 2280 g/mol. The maximum atomic E-state index is 13.8. The molecular weight excluding hydrogens is 2160 g/mol. The molecule has 145 heavy (non-hydrogen) atoms. The summed E-state index contributed by atoms with van der Waals surface area (Å²) in [6.07, 6.45) is 9.92. The van der Waals surface area contributed by atoms with Crippen molar-refractivity contribution in [1.82, 2.24) is 40.9 Å². The minimum absolute atomic E-state index is 0. The first-order valence-electron chi connectivity index (χ1n) is 40.6. The number of sulfonamides is 4. The number of aryl methyl sites for hydroxylation is 2. The average Bonchev–Trinajstić information content (AvgIpc) is 1.70. The summed E-state index contributed by atoms with van der Waals surface area (Å²) < 4.78 is 208. The molecular formula is C82H116BrCl3F4LiN17O32S5. The molecule has 0 saturated heterocycles. The van der Waals surface area contributed by atoms with E-state index in [2.05, 4.69) is 133 Å². The number of ether oxygens (including phenoxy) is 4. The number of methoxy groups -OCH3 is 1. The van der Waals surface area contributed by atoms with Crippen LogP contribution in [0.25, 0.3) is 0 Å². The number of oxazole rings is 5. The first kappa shape index (κ1) is 142. The summed E-state index contributed by atoms with van der Waals surface area (Å²) in [6, 6.07) is 20.7. The zero-order valence-corrected chi connectivity index (χ0v) is 89.3.